The number of benzene rings is 1. The lowest BCUT2D eigenvalue weighted by Crippen LogP contribution is -2.66. The first kappa shape index (κ1) is 46.7. The zero-order valence-electron chi connectivity index (χ0n) is 40.6. The fourth-order valence-electron chi connectivity index (χ4n) is 15.3. The Morgan fingerprint density at radius 1 is 0.889 bits per heavy atom. The van der Waals surface area contributed by atoms with Crippen LogP contribution in [0.25, 0.3) is 0 Å². The molecule has 0 aliphatic heterocycles. The number of hydrogen-bond donors (Lipinski definition) is 5. The first-order valence-electron chi connectivity index (χ1n) is 24.7. The van der Waals surface area contributed by atoms with Gasteiger partial charge >= 0.3 is 11.9 Å². The molecular weight excluding hydrogens is 814 g/mol. The van der Waals surface area contributed by atoms with Gasteiger partial charge < -0.3 is 31.3 Å². The molecule has 0 heterocycles. The highest BCUT2D eigenvalue weighted by Crippen LogP contribution is 2.77. The molecular formula is C52H78ClN3O7. The number of aliphatic hydroxyl groups excluding tert-OH is 1. The number of rotatable bonds is 15. The third-order valence-corrected chi connectivity index (χ3v) is 19.4. The molecule has 0 bridgehead atoms. The Balaban J connectivity index is 1.09. The fourth-order valence-corrected chi connectivity index (χ4v) is 15.4. The van der Waals surface area contributed by atoms with E-state index in [9.17, 15) is 30.8 Å². The van der Waals surface area contributed by atoms with Gasteiger partial charge in [0.15, 0.2) is 5.78 Å². The van der Waals surface area contributed by atoms with E-state index in [0.29, 0.717) is 61.1 Å². The molecule has 11 heteroatoms. The fraction of sp³-hybridized carbons (Fsp3) is 0.769. The molecule has 6 N–H and O–H groups in total. The lowest BCUT2D eigenvalue weighted by atomic mass is 9.33. The molecule has 7 rings (SSSR count). The second-order valence-electron chi connectivity index (χ2n) is 23.1. The number of ketones is 1. The van der Waals surface area contributed by atoms with Crippen LogP contribution in [0.5, 0.6) is 0 Å². The number of esters is 1. The number of hydrogen-bond acceptors (Lipinski definition) is 8. The summed E-state index contributed by atoms with van der Waals surface area (Å²) in [6.07, 6.45) is 8.71. The third kappa shape index (κ3) is 7.94. The van der Waals surface area contributed by atoms with Gasteiger partial charge in [-0.25, -0.2) is 0 Å². The molecule has 63 heavy (non-hydrogen) atoms. The van der Waals surface area contributed by atoms with Crippen LogP contribution in [0.3, 0.4) is 0 Å². The van der Waals surface area contributed by atoms with Crippen molar-refractivity contribution < 1.29 is 35.5 Å². The Bertz CT molecular complexity index is 2020. The second kappa shape index (κ2) is 17.5. The Morgan fingerprint density at radius 2 is 1.59 bits per heavy atom. The quantitative estimate of drug-likeness (QED) is 0.0852. The van der Waals surface area contributed by atoms with Gasteiger partial charge in [0.25, 0.3) is 5.91 Å². The van der Waals surface area contributed by atoms with Crippen molar-refractivity contribution in [3.05, 3.63) is 46.0 Å². The molecule has 0 aromatic heterocycles. The van der Waals surface area contributed by atoms with Crippen molar-refractivity contribution in [2.24, 2.45) is 73.7 Å². The van der Waals surface area contributed by atoms with Crippen LogP contribution < -0.4 is 16.4 Å². The summed E-state index contributed by atoms with van der Waals surface area (Å²) in [6.45, 7) is 20.9. The molecule has 1 unspecified atom stereocenters. The van der Waals surface area contributed by atoms with Crippen LogP contribution in [0.2, 0.25) is 5.02 Å². The number of halogens is 1. The number of carboxylic acids is 1. The van der Waals surface area contributed by atoms with Gasteiger partial charge in [0.1, 0.15) is 6.10 Å². The van der Waals surface area contributed by atoms with Crippen molar-refractivity contribution >= 4 is 35.2 Å². The van der Waals surface area contributed by atoms with Gasteiger partial charge in [-0.3, -0.25) is 19.2 Å². The van der Waals surface area contributed by atoms with E-state index in [1.54, 1.807) is 24.3 Å². The SMILES string of the molecule is [2H]C(CCCCN)(CNC[C@H](O)[C@@]12CC[C@]3(C)[C@H](CC[C@@H]4[C@@]5(C)CC[C@H](OC(=O)[C@H]6C[C@@H](C(=O)O)C6(C)C)C(C)(C)[C@@H]5CC[C@]43C)C1=C(C(C)C)C(=O)C2)NC(=O)c1ccc(Cl)cc1. The summed E-state index contributed by atoms with van der Waals surface area (Å²) < 4.78 is 15.8. The van der Waals surface area contributed by atoms with Crippen molar-refractivity contribution in [1.29, 1.82) is 0 Å². The Labute approximate surface area is 383 Å². The maximum Gasteiger partial charge on any atom is 0.309 e. The number of carbonyl (C=O) groups excluding carboxylic acids is 3. The van der Waals surface area contributed by atoms with Gasteiger partial charge in [-0.05, 0) is 152 Å². The summed E-state index contributed by atoms with van der Waals surface area (Å²) in [6, 6.07) is 5.25. The molecule has 1 aromatic carbocycles. The van der Waals surface area contributed by atoms with Gasteiger partial charge in [-0.2, -0.15) is 0 Å². The number of carboxylic acid groups (broad SMARTS) is 1. The highest BCUT2D eigenvalue weighted by molar-refractivity contribution is 6.30. The monoisotopic (exact) mass is 893 g/mol. The number of aliphatic carboxylic acids is 1. The maximum atomic E-state index is 14.3. The topological polar surface area (TPSA) is 168 Å². The van der Waals surface area contributed by atoms with Crippen LogP contribution >= 0.6 is 11.6 Å². The molecule has 5 saturated carbocycles. The lowest BCUT2D eigenvalue weighted by Gasteiger charge is -2.72. The minimum Gasteiger partial charge on any atom is -0.481 e. The van der Waals surface area contributed by atoms with Crippen LogP contribution in [-0.2, 0) is 19.1 Å². The van der Waals surface area contributed by atoms with Crippen molar-refractivity contribution in [1.82, 2.24) is 10.6 Å². The first-order chi connectivity index (χ1) is 29.8. The number of fused-ring (bicyclic) bond motifs is 7. The number of allylic oxidation sites excluding steroid dienone is 1. The number of ether oxygens (including phenoxy) is 1. The molecule has 0 spiro atoms. The van der Waals surface area contributed by atoms with E-state index in [1.165, 1.54) is 5.57 Å². The molecule has 12 atom stereocenters. The summed E-state index contributed by atoms with van der Waals surface area (Å²) in [5.74, 6) is -1.29. The van der Waals surface area contributed by atoms with Crippen molar-refractivity contribution in [2.75, 3.05) is 19.6 Å². The predicted molar refractivity (Wildman–Crippen MR) is 247 cm³/mol. The molecule has 6 aliphatic carbocycles. The van der Waals surface area contributed by atoms with Crippen molar-refractivity contribution in [2.45, 2.75) is 164 Å². The second-order valence-corrected chi connectivity index (χ2v) is 23.5. The van der Waals surface area contributed by atoms with Gasteiger partial charge in [-0.15, -0.1) is 0 Å². The molecule has 350 valence electrons. The van der Waals surface area contributed by atoms with E-state index in [0.717, 1.165) is 56.9 Å². The Kier molecular flexibility index (Phi) is 12.9. The normalized spacial score (nSPS) is 38.2. The van der Waals surface area contributed by atoms with E-state index < -0.39 is 40.8 Å². The molecule has 1 aromatic rings. The average Bonchev–Trinajstić information content (AvgIpc) is 3.52. The van der Waals surface area contributed by atoms with E-state index in [-0.39, 0.29) is 70.3 Å². The number of Topliss-reactive ketones (excluding diaryl/α,β-unsaturated/α-hetero) is 1. The summed E-state index contributed by atoms with van der Waals surface area (Å²) in [7, 11) is 0. The van der Waals surface area contributed by atoms with Crippen molar-refractivity contribution in [3.8, 4) is 0 Å². The molecule has 0 saturated heterocycles. The van der Waals surface area contributed by atoms with Gasteiger partial charge in [0, 0.05) is 46.9 Å². The lowest BCUT2D eigenvalue weighted by molar-refractivity contribution is -0.238. The van der Waals surface area contributed by atoms with Crippen LogP contribution in [-0.4, -0.2) is 71.7 Å². The number of carbonyl (C=O) groups is 4. The minimum atomic E-state index is -1.35. The molecule has 0 radical (unpaired) electrons. The van der Waals surface area contributed by atoms with E-state index in [4.69, 9.17) is 22.1 Å². The largest absolute Gasteiger partial charge is 0.481 e. The van der Waals surface area contributed by atoms with Crippen LogP contribution in [0.1, 0.15) is 158 Å². The summed E-state index contributed by atoms with van der Waals surface area (Å²) in [4.78, 5) is 53.2. The third-order valence-electron chi connectivity index (χ3n) is 19.2. The number of nitrogens with two attached hydrogens (primary N) is 1. The predicted octanol–water partition coefficient (Wildman–Crippen LogP) is 9.16. The molecule has 6 aliphatic rings. The smallest absolute Gasteiger partial charge is 0.309 e. The van der Waals surface area contributed by atoms with Gasteiger partial charge in [0.2, 0.25) is 0 Å². The van der Waals surface area contributed by atoms with E-state index in [1.807, 2.05) is 13.8 Å². The van der Waals surface area contributed by atoms with Crippen LogP contribution in [0.15, 0.2) is 35.4 Å². The molecule has 10 nitrogen and oxygen atoms in total. The Hall–Kier alpha value is -2.79. The maximum absolute atomic E-state index is 14.3. The van der Waals surface area contributed by atoms with Crippen LogP contribution in [0.4, 0.5) is 0 Å². The zero-order valence-corrected chi connectivity index (χ0v) is 40.4. The number of aliphatic hydroxyl groups is 1. The average molecular weight is 894 g/mol. The zero-order chi connectivity index (χ0) is 47.0. The first-order valence-corrected chi connectivity index (χ1v) is 24.6. The van der Waals surface area contributed by atoms with Gasteiger partial charge in [-0.1, -0.05) is 85.9 Å². The number of unbranched alkanes of at least 4 members (excludes halogenated alkanes) is 1. The summed E-state index contributed by atoms with van der Waals surface area (Å²) in [5, 5.41) is 29.1. The number of amides is 1. The molecule has 5 fully saturated rings. The van der Waals surface area contributed by atoms with Gasteiger partial charge in [0.05, 0.1) is 19.3 Å². The van der Waals surface area contributed by atoms with Crippen LogP contribution in [0, 0.1) is 68.0 Å². The highest BCUT2D eigenvalue weighted by Gasteiger charge is 2.71. The summed E-state index contributed by atoms with van der Waals surface area (Å²) in [5.41, 5.74) is 6.64. The van der Waals surface area contributed by atoms with Crippen molar-refractivity contribution in [3.63, 3.8) is 0 Å². The highest BCUT2D eigenvalue weighted by atomic mass is 35.5. The number of nitrogens with one attached hydrogen (secondary N) is 2. The van der Waals surface area contributed by atoms with E-state index in [2.05, 4.69) is 59.1 Å². The van der Waals surface area contributed by atoms with E-state index >= 15 is 0 Å². The molecule has 1 amide bonds. The standard InChI is InChI=1S/C52H78ClN3O7/c1-30(2)42-37(57)27-52(40(58)29-55-28-33(12-10-11-25-54)56-44(59)31-13-15-32(53)16-14-31)24-23-50(8)34(43(42)52)17-18-39-49(7)21-20-41(48(5,6)38(49)19-22-51(39,50)9)63-46(62)36-26-35(45(60)61)47(36,3)4/h13-16,30,33-36,38-41,55,58H,10-12,17-29,54H2,1-9H3,(H,56,59)(H,60,61)/t33?,34-,35+,36-,38+,39-,40+,41+,49+,50-,51-,52+/m1/s1/i33D. The minimum absolute atomic E-state index is 0.0186. The Morgan fingerprint density at radius 3 is 2.22 bits per heavy atom. The summed E-state index contributed by atoms with van der Waals surface area (Å²) >= 11 is 6.07.